The zero-order valence-electron chi connectivity index (χ0n) is 10.3. The van der Waals surface area contributed by atoms with Crippen molar-refractivity contribution in [1.82, 2.24) is 4.90 Å². The minimum Gasteiger partial charge on any atom is -0.423 e. The lowest BCUT2D eigenvalue weighted by Crippen LogP contribution is -2.35. The molecule has 0 aromatic heterocycles. The highest BCUT2D eigenvalue weighted by atomic mass is 19.1. The summed E-state index contributed by atoms with van der Waals surface area (Å²) in [6, 6.07) is 4.79. The van der Waals surface area contributed by atoms with E-state index in [0.717, 1.165) is 18.6 Å². The third-order valence-corrected chi connectivity index (χ3v) is 3.30. The van der Waals surface area contributed by atoms with Gasteiger partial charge in [0, 0.05) is 24.7 Å². The first kappa shape index (κ1) is 13.5. The van der Waals surface area contributed by atoms with Crippen molar-refractivity contribution in [3.8, 4) is 0 Å². The first-order chi connectivity index (χ1) is 8.58. The minimum absolute atomic E-state index is 0.0800. The number of hydrogen-bond donors (Lipinski definition) is 2. The van der Waals surface area contributed by atoms with Crippen LogP contribution in [0.2, 0.25) is 0 Å². The molecule has 98 valence electrons. The van der Waals surface area contributed by atoms with Gasteiger partial charge >= 0.3 is 7.12 Å². The number of likely N-dealkylation sites (N-methyl/N-ethyl adjacent to an activating group) is 1. The Labute approximate surface area is 106 Å². The number of benzene rings is 1. The summed E-state index contributed by atoms with van der Waals surface area (Å²) in [6.07, 6.45) is 0.993. The number of nitrogens with zero attached hydrogens (tertiary/aromatic N) is 1. The van der Waals surface area contributed by atoms with Gasteiger partial charge in [-0.2, -0.15) is 0 Å². The van der Waals surface area contributed by atoms with Gasteiger partial charge in [0.1, 0.15) is 5.82 Å². The number of ether oxygens (including phenoxy) is 1. The molecule has 2 rings (SSSR count). The van der Waals surface area contributed by atoms with Crippen LogP contribution in [0.5, 0.6) is 0 Å². The Morgan fingerprint density at radius 3 is 2.89 bits per heavy atom. The van der Waals surface area contributed by atoms with Crippen molar-refractivity contribution >= 4 is 12.6 Å². The molecule has 1 atom stereocenters. The van der Waals surface area contributed by atoms with Crippen LogP contribution >= 0.6 is 0 Å². The summed E-state index contributed by atoms with van der Waals surface area (Å²) < 4.78 is 18.6. The molecule has 1 heterocycles. The maximum absolute atomic E-state index is 13.3. The van der Waals surface area contributed by atoms with Crippen LogP contribution < -0.4 is 5.46 Å². The smallest absolute Gasteiger partial charge is 0.423 e. The lowest BCUT2D eigenvalue weighted by molar-refractivity contribution is 0.156. The van der Waals surface area contributed by atoms with Gasteiger partial charge in [0.15, 0.2) is 0 Å². The maximum atomic E-state index is 13.3. The van der Waals surface area contributed by atoms with E-state index in [1.54, 1.807) is 6.07 Å². The Morgan fingerprint density at radius 2 is 2.28 bits per heavy atom. The third kappa shape index (κ3) is 3.08. The van der Waals surface area contributed by atoms with Gasteiger partial charge in [-0.1, -0.05) is 12.1 Å². The molecule has 18 heavy (non-hydrogen) atoms. The molecule has 0 saturated carbocycles. The van der Waals surface area contributed by atoms with Crippen LogP contribution in [0.3, 0.4) is 0 Å². The number of hydrogen-bond acceptors (Lipinski definition) is 4. The first-order valence-electron chi connectivity index (χ1n) is 6.00. The van der Waals surface area contributed by atoms with Crippen molar-refractivity contribution in [2.75, 3.05) is 20.3 Å². The highest BCUT2D eigenvalue weighted by molar-refractivity contribution is 6.58. The molecule has 1 saturated heterocycles. The molecule has 0 radical (unpaired) electrons. The second kappa shape index (κ2) is 5.80. The van der Waals surface area contributed by atoms with E-state index in [-0.39, 0.29) is 5.46 Å². The van der Waals surface area contributed by atoms with Gasteiger partial charge in [0.25, 0.3) is 0 Å². The van der Waals surface area contributed by atoms with E-state index in [0.29, 0.717) is 19.2 Å². The highest BCUT2D eigenvalue weighted by Crippen LogP contribution is 2.14. The van der Waals surface area contributed by atoms with Crippen LogP contribution in [0.15, 0.2) is 18.2 Å². The van der Waals surface area contributed by atoms with Crippen LogP contribution in [0, 0.1) is 5.82 Å². The molecule has 2 N–H and O–H groups in total. The van der Waals surface area contributed by atoms with E-state index >= 15 is 0 Å². The second-order valence-electron chi connectivity index (χ2n) is 4.66. The Kier molecular flexibility index (Phi) is 4.34. The molecular weight excluding hydrogens is 236 g/mol. The van der Waals surface area contributed by atoms with Gasteiger partial charge in [0.05, 0.1) is 6.61 Å². The van der Waals surface area contributed by atoms with Gasteiger partial charge in [-0.25, -0.2) is 4.39 Å². The lowest BCUT2D eigenvalue weighted by Gasteiger charge is -2.23. The van der Waals surface area contributed by atoms with Crippen LogP contribution in [-0.4, -0.2) is 48.4 Å². The molecular formula is C12H17BFNO3. The van der Waals surface area contributed by atoms with Crippen molar-refractivity contribution in [2.45, 2.75) is 19.0 Å². The molecule has 1 unspecified atom stereocenters. The van der Waals surface area contributed by atoms with Crippen LogP contribution in [0.1, 0.15) is 12.0 Å². The van der Waals surface area contributed by atoms with E-state index in [1.807, 2.05) is 7.05 Å². The predicted molar refractivity (Wildman–Crippen MR) is 66.9 cm³/mol. The Morgan fingerprint density at radius 1 is 1.50 bits per heavy atom. The second-order valence-corrected chi connectivity index (χ2v) is 4.66. The largest absolute Gasteiger partial charge is 0.491 e. The fourth-order valence-corrected chi connectivity index (χ4v) is 2.18. The molecule has 1 aromatic rings. The summed E-state index contributed by atoms with van der Waals surface area (Å²) in [5.41, 5.74) is 0.775. The zero-order chi connectivity index (χ0) is 13.1. The van der Waals surface area contributed by atoms with Crippen molar-refractivity contribution in [3.05, 3.63) is 29.6 Å². The van der Waals surface area contributed by atoms with Crippen molar-refractivity contribution in [2.24, 2.45) is 0 Å². The quantitative estimate of drug-likeness (QED) is 0.725. The molecule has 0 amide bonds. The summed E-state index contributed by atoms with van der Waals surface area (Å²) in [7, 11) is 0.211. The van der Waals surface area contributed by atoms with Crippen LogP contribution in [0.4, 0.5) is 4.39 Å². The zero-order valence-corrected chi connectivity index (χ0v) is 10.3. The molecule has 1 aliphatic rings. The van der Waals surface area contributed by atoms with E-state index in [4.69, 9.17) is 14.8 Å². The van der Waals surface area contributed by atoms with Gasteiger partial charge in [-0.05, 0) is 25.1 Å². The molecule has 6 heteroatoms. The average molecular weight is 253 g/mol. The van der Waals surface area contributed by atoms with E-state index in [1.165, 1.54) is 12.1 Å². The van der Waals surface area contributed by atoms with Crippen LogP contribution in [0.25, 0.3) is 0 Å². The van der Waals surface area contributed by atoms with Gasteiger partial charge in [-0.15, -0.1) is 0 Å². The molecule has 0 aliphatic carbocycles. The molecule has 1 aliphatic heterocycles. The predicted octanol–water partition coefficient (Wildman–Crippen LogP) is -0.274. The highest BCUT2D eigenvalue weighted by Gasteiger charge is 2.21. The molecule has 0 spiro atoms. The normalized spacial score (nSPS) is 19.5. The van der Waals surface area contributed by atoms with E-state index < -0.39 is 12.9 Å². The first-order valence-corrected chi connectivity index (χ1v) is 6.00. The van der Waals surface area contributed by atoms with Crippen molar-refractivity contribution in [1.29, 1.82) is 0 Å². The molecule has 1 aromatic carbocycles. The Bertz CT molecular complexity index is 410. The summed E-state index contributed by atoms with van der Waals surface area (Å²) in [5.74, 6) is -0.597. The fourth-order valence-electron chi connectivity index (χ4n) is 2.18. The lowest BCUT2D eigenvalue weighted by atomic mass is 9.79. The number of rotatable bonds is 4. The number of halogens is 1. The standard InChI is InChI=1S/C12H17BFNO3/c1-15(10-4-5-18-8-10)7-9-2-3-12(14)11(6-9)13(16)17/h2-3,6,10,16-17H,4-5,7-8H2,1H3. The van der Waals surface area contributed by atoms with Crippen molar-refractivity contribution in [3.63, 3.8) is 0 Å². The Hall–Kier alpha value is -0.945. The third-order valence-electron chi connectivity index (χ3n) is 3.30. The average Bonchev–Trinajstić information content (AvgIpc) is 2.85. The molecule has 1 fully saturated rings. The van der Waals surface area contributed by atoms with Crippen LogP contribution in [-0.2, 0) is 11.3 Å². The molecule has 4 nitrogen and oxygen atoms in total. The topological polar surface area (TPSA) is 52.9 Å². The van der Waals surface area contributed by atoms with Gasteiger partial charge < -0.3 is 14.8 Å². The maximum Gasteiger partial charge on any atom is 0.491 e. The van der Waals surface area contributed by atoms with Crippen molar-refractivity contribution < 1.29 is 19.2 Å². The van der Waals surface area contributed by atoms with Gasteiger partial charge in [-0.3, -0.25) is 4.90 Å². The van der Waals surface area contributed by atoms with E-state index in [2.05, 4.69) is 4.90 Å². The molecule has 0 bridgehead atoms. The summed E-state index contributed by atoms with van der Waals surface area (Å²) >= 11 is 0. The fraction of sp³-hybridized carbons (Fsp3) is 0.500. The Balaban J connectivity index is 2.06. The van der Waals surface area contributed by atoms with E-state index in [9.17, 15) is 4.39 Å². The summed E-state index contributed by atoms with van der Waals surface area (Å²) in [4.78, 5) is 2.13. The minimum atomic E-state index is -1.77. The summed E-state index contributed by atoms with van der Waals surface area (Å²) in [6.45, 7) is 2.13. The summed E-state index contributed by atoms with van der Waals surface area (Å²) in [5, 5.41) is 18.1. The monoisotopic (exact) mass is 253 g/mol. The van der Waals surface area contributed by atoms with Gasteiger partial charge in [0.2, 0.25) is 0 Å². The SMILES string of the molecule is CN(Cc1ccc(F)c(B(O)O)c1)C1CCOC1.